The molecule has 0 saturated carbocycles. The molecule has 0 aliphatic carbocycles. The highest BCUT2D eigenvalue weighted by molar-refractivity contribution is 7.89. The van der Waals surface area contributed by atoms with Gasteiger partial charge in [0.05, 0.1) is 10.6 Å². The van der Waals surface area contributed by atoms with Crippen LogP contribution < -0.4 is 4.90 Å². The fraction of sp³-hybridized carbons (Fsp3) is 0.393. The Kier molecular flexibility index (Phi) is 6.32. The molecule has 0 N–H and O–H groups in total. The van der Waals surface area contributed by atoms with Crippen LogP contribution in [-0.4, -0.2) is 58.5 Å². The zero-order chi connectivity index (χ0) is 26.5. The summed E-state index contributed by atoms with van der Waals surface area (Å²) in [5, 5.41) is 4.77. The third-order valence-corrected chi connectivity index (χ3v) is 9.21. The number of sulfonamides is 1. The van der Waals surface area contributed by atoms with Crippen molar-refractivity contribution in [3.8, 4) is 11.3 Å². The van der Waals surface area contributed by atoms with E-state index in [1.165, 1.54) is 5.56 Å². The Balaban J connectivity index is 1.37. The molecule has 3 heterocycles. The van der Waals surface area contributed by atoms with Crippen molar-refractivity contribution >= 4 is 21.7 Å². The van der Waals surface area contributed by atoms with Gasteiger partial charge in [-0.1, -0.05) is 62.7 Å². The lowest BCUT2D eigenvalue weighted by Gasteiger charge is -2.33. The number of nitrogens with zero attached hydrogens (tertiary/aromatic N) is 6. The summed E-state index contributed by atoms with van der Waals surface area (Å²) in [5.41, 5.74) is 5.94. The first-order valence-electron chi connectivity index (χ1n) is 12.6. The predicted octanol–water partition coefficient (Wildman–Crippen LogP) is 4.52. The van der Waals surface area contributed by atoms with Gasteiger partial charge in [-0.25, -0.2) is 13.4 Å². The fourth-order valence-electron chi connectivity index (χ4n) is 5.11. The van der Waals surface area contributed by atoms with Crippen LogP contribution >= 0.6 is 0 Å². The van der Waals surface area contributed by atoms with Crippen LogP contribution in [0.4, 0.5) is 5.95 Å². The number of aromatic nitrogens is 4. The topological polar surface area (TPSA) is 83.7 Å². The first-order valence-corrected chi connectivity index (χ1v) is 14.0. The fourth-order valence-corrected chi connectivity index (χ4v) is 6.94. The number of aryl methyl sites for hydroxylation is 3. The third-order valence-electron chi connectivity index (χ3n) is 7.00. The highest BCUT2D eigenvalue weighted by Crippen LogP contribution is 2.28. The van der Waals surface area contributed by atoms with Gasteiger partial charge in [-0.3, -0.25) is 0 Å². The van der Waals surface area contributed by atoms with Crippen LogP contribution in [-0.2, 0) is 15.4 Å². The van der Waals surface area contributed by atoms with E-state index in [0.717, 1.165) is 27.9 Å². The zero-order valence-electron chi connectivity index (χ0n) is 22.4. The van der Waals surface area contributed by atoms with Gasteiger partial charge >= 0.3 is 0 Å². The molecule has 9 heteroatoms. The zero-order valence-corrected chi connectivity index (χ0v) is 23.2. The molecule has 0 amide bonds. The second-order valence-electron chi connectivity index (χ2n) is 10.9. The summed E-state index contributed by atoms with van der Waals surface area (Å²) in [6.07, 6.45) is 1.75. The van der Waals surface area contributed by atoms with E-state index in [-0.39, 0.29) is 5.41 Å². The Hall–Kier alpha value is -3.30. The van der Waals surface area contributed by atoms with E-state index in [0.29, 0.717) is 42.8 Å². The molecule has 37 heavy (non-hydrogen) atoms. The van der Waals surface area contributed by atoms with Gasteiger partial charge in [0, 0.05) is 37.9 Å². The molecular formula is C28H34N6O2S. The number of hydrogen-bond donors (Lipinski definition) is 0. The van der Waals surface area contributed by atoms with Gasteiger partial charge in [0.15, 0.2) is 0 Å². The number of anilines is 1. The van der Waals surface area contributed by atoms with Gasteiger partial charge in [-0.05, 0) is 48.9 Å². The maximum Gasteiger partial charge on any atom is 0.254 e. The molecule has 1 fully saturated rings. The monoisotopic (exact) mass is 518 g/mol. The minimum Gasteiger partial charge on any atom is -0.337 e. The minimum absolute atomic E-state index is 0.0823. The van der Waals surface area contributed by atoms with Crippen molar-refractivity contribution in [3.63, 3.8) is 0 Å². The second-order valence-corrected chi connectivity index (χ2v) is 12.8. The molecule has 0 bridgehead atoms. The highest BCUT2D eigenvalue weighted by atomic mass is 32.2. The van der Waals surface area contributed by atoms with Crippen LogP contribution in [0.15, 0.2) is 53.6 Å². The quantitative estimate of drug-likeness (QED) is 0.395. The Morgan fingerprint density at radius 2 is 1.49 bits per heavy atom. The van der Waals surface area contributed by atoms with Crippen molar-refractivity contribution in [3.05, 3.63) is 70.9 Å². The molecule has 2 aromatic carbocycles. The van der Waals surface area contributed by atoms with Crippen molar-refractivity contribution in [1.82, 2.24) is 23.9 Å². The van der Waals surface area contributed by atoms with Gasteiger partial charge in [0.25, 0.3) is 5.78 Å². The van der Waals surface area contributed by atoms with E-state index in [1.54, 1.807) is 15.0 Å². The number of benzene rings is 2. The number of piperazine rings is 1. The predicted molar refractivity (Wildman–Crippen MR) is 147 cm³/mol. The average molecular weight is 519 g/mol. The highest BCUT2D eigenvalue weighted by Gasteiger charge is 2.32. The SMILES string of the molecule is Cc1cc(C)c(S(=O)(=O)N2CCN(c3nc4nccc(-c5ccc(C(C)(C)C)cc5)n4n3)CC2)c(C)c1. The van der Waals surface area contributed by atoms with E-state index >= 15 is 0 Å². The lowest BCUT2D eigenvalue weighted by Crippen LogP contribution is -2.49. The van der Waals surface area contributed by atoms with Crippen LogP contribution in [0.1, 0.15) is 43.0 Å². The Bertz CT molecular complexity index is 1540. The van der Waals surface area contributed by atoms with E-state index < -0.39 is 10.0 Å². The van der Waals surface area contributed by atoms with Crippen LogP contribution in [0.3, 0.4) is 0 Å². The van der Waals surface area contributed by atoms with Crippen LogP contribution in [0, 0.1) is 20.8 Å². The van der Waals surface area contributed by atoms with Crippen molar-refractivity contribution in [2.75, 3.05) is 31.1 Å². The summed E-state index contributed by atoms with van der Waals surface area (Å²) in [6.45, 7) is 14.1. The Labute approximate surface area is 219 Å². The summed E-state index contributed by atoms with van der Waals surface area (Å²) >= 11 is 0. The smallest absolute Gasteiger partial charge is 0.254 e. The van der Waals surface area contributed by atoms with Crippen LogP contribution in [0.5, 0.6) is 0 Å². The molecule has 194 valence electrons. The van der Waals surface area contributed by atoms with Crippen LogP contribution in [0.25, 0.3) is 17.0 Å². The summed E-state index contributed by atoms with van der Waals surface area (Å²) in [5.74, 6) is 1.08. The second kappa shape index (κ2) is 9.22. The number of rotatable bonds is 4. The van der Waals surface area contributed by atoms with Gasteiger partial charge in [0.2, 0.25) is 16.0 Å². The van der Waals surface area contributed by atoms with E-state index in [1.807, 2.05) is 43.9 Å². The Morgan fingerprint density at radius 3 is 2.08 bits per heavy atom. The maximum atomic E-state index is 13.5. The average Bonchev–Trinajstić information content (AvgIpc) is 3.27. The number of hydrogen-bond acceptors (Lipinski definition) is 6. The van der Waals surface area contributed by atoms with E-state index in [2.05, 4.69) is 55.0 Å². The molecule has 1 saturated heterocycles. The molecule has 1 aliphatic heterocycles. The Morgan fingerprint density at radius 1 is 0.865 bits per heavy atom. The molecule has 0 radical (unpaired) electrons. The van der Waals surface area contributed by atoms with Crippen molar-refractivity contribution < 1.29 is 8.42 Å². The summed E-state index contributed by atoms with van der Waals surface area (Å²) in [6, 6.07) is 14.3. The van der Waals surface area contributed by atoms with E-state index in [4.69, 9.17) is 5.10 Å². The molecule has 2 aromatic heterocycles. The largest absolute Gasteiger partial charge is 0.337 e. The number of fused-ring (bicyclic) bond motifs is 1. The van der Waals surface area contributed by atoms with Gasteiger partial charge < -0.3 is 4.90 Å². The van der Waals surface area contributed by atoms with Crippen molar-refractivity contribution in [2.24, 2.45) is 0 Å². The molecule has 1 aliphatic rings. The summed E-state index contributed by atoms with van der Waals surface area (Å²) in [4.78, 5) is 11.5. The van der Waals surface area contributed by atoms with Gasteiger partial charge in [-0.2, -0.15) is 13.8 Å². The molecular weight excluding hydrogens is 484 g/mol. The maximum absolute atomic E-state index is 13.5. The molecule has 5 rings (SSSR count). The third kappa shape index (κ3) is 4.73. The first-order chi connectivity index (χ1) is 17.4. The summed E-state index contributed by atoms with van der Waals surface area (Å²) < 4.78 is 30.3. The summed E-state index contributed by atoms with van der Waals surface area (Å²) in [7, 11) is -3.58. The first kappa shape index (κ1) is 25.4. The van der Waals surface area contributed by atoms with Gasteiger partial charge in [0.1, 0.15) is 0 Å². The lowest BCUT2D eigenvalue weighted by atomic mass is 9.86. The molecule has 4 aromatic rings. The normalized spacial score (nSPS) is 15.5. The molecule has 0 atom stereocenters. The molecule has 0 unspecified atom stereocenters. The molecule has 8 nitrogen and oxygen atoms in total. The van der Waals surface area contributed by atoms with Crippen molar-refractivity contribution in [2.45, 2.75) is 51.9 Å². The van der Waals surface area contributed by atoms with Gasteiger partial charge in [-0.15, -0.1) is 5.10 Å². The van der Waals surface area contributed by atoms with Crippen molar-refractivity contribution in [1.29, 1.82) is 0 Å². The lowest BCUT2D eigenvalue weighted by molar-refractivity contribution is 0.382. The standard InChI is InChI=1S/C28H34N6O2S/c1-19-17-20(2)25(21(3)18-19)37(35,36)33-15-13-32(14-16-33)27-30-26-29-12-11-24(34(26)31-27)22-7-9-23(10-8-22)28(4,5)6/h7-12,17-18H,13-16H2,1-6H3. The van der Waals surface area contributed by atoms with E-state index in [9.17, 15) is 8.42 Å². The van der Waals surface area contributed by atoms with Crippen LogP contribution in [0.2, 0.25) is 0 Å². The minimum atomic E-state index is -3.58. The molecule has 0 spiro atoms.